The van der Waals surface area contributed by atoms with E-state index in [1.807, 2.05) is 6.92 Å². The van der Waals surface area contributed by atoms with Crippen molar-refractivity contribution < 1.29 is 4.74 Å². The molecule has 26 heavy (non-hydrogen) atoms. The molecule has 0 unspecified atom stereocenters. The first-order valence-electron chi connectivity index (χ1n) is 9.22. The summed E-state index contributed by atoms with van der Waals surface area (Å²) in [6.45, 7) is 3.08. The van der Waals surface area contributed by atoms with E-state index in [9.17, 15) is 0 Å². The summed E-state index contributed by atoms with van der Waals surface area (Å²) >= 11 is 0. The largest absolute Gasteiger partial charge is 0.369 e. The van der Waals surface area contributed by atoms with E-state index in [0.717, 1.165) is 30.2 Å². The molecule has 4 heteroatoms. The van der Waals surface area contributed by atoms with Crippen LogP contribution in [-0.2, 0) is 24.4 Å². The normalized spacial score (nSPS) is 16.0. The summed E-state index contributed by atoms with van der Waals surface area (Å²) in [5.74, 6) is 1.77. The van der Waals surface area contributed by atoms with Crippen molar-refractivity contribution in [2.24, 2.45) is 0 Å². The van der Waals surface area contributed by atoms with Gasteiger partial charge in [-0.2, -0.15) is 0 Å². The Bertz CT molecular complexity index is 1020. The lowest BCUT2D eigenvalue weighted by Crippen LogP contribution is -2.05. The molecule has 5 rings (SSSR count). The molecule has 0 atom stereocenters. The van der Waals surface area contributed by atoms with Crippen LogP contribution >= 0.6 is 0 Å². The summed E-state index contributed by atoms with van der Waals surface area (Å²) < 4.78 is 8.09. The van der Waals surface area contributed by atoms with Crippen molar-refractivity contribution in [2.45, 2.75) is 39.4 Å². The number of allylic oxidation sites excluding steroid dienone is 1. The smallest absolute Gasteiger partial charge is 0.163 e. The third-order valence-electron chi connectivity index (χ3n) is 5.36. The Kier molecular flexibility index (Phi) is 3.71. The van der Waals surface area contributed by atoms with E-state index in [2.05, 4.69) is 63.3 Å². The topological polar surface area (TPSA) is 39.9 Å². The number of aromatic nitrogens is 3. The van der Waals surface area contributed by atoms with Crippen molar-refractivity contribution in [3.8, 4) is 5.69 Å². The van der Waals surface area contributed by atoms with Crippen LogP contribution in [0.25, 0.3) is 11.3 Å². The van der Waals surface area contributed by atoms with Gasteiger partial charge in [-0.05, 0) is 54.5 Å². The van der Waals surface area contributed by atoms with Gasteiger partial charge in [-0.15, -0.1) is 10.2 Å². The van der Waals surface area contributed by atoms with E-state index in [1.54, 1.807) is 0 Å². The van der Waals surface area contributed by atoms with Gasteiger partial charge in [-0.1, -0.05) is 42.5 Å². The molecule has 130 valence electrons. The fourth-order valence-corrected chi connectivity index (χ4v) is 4.15. The van der Waals surface area contributed by atoms with Gasteiger partial charge in [-0.25, -0.2) is 0 Å². The number of hydrogen-bond donors (Lipinski definition) is 0. The van der Waals surface area contributed by atoms with Crippen LogP contribution < -0.4 is 0 Å². The minimum absolute atomic E-state index is 0.491. The van der Waals surface area contributed by atoms with E-state index in [-0.39, 0.29) is 0 Å². The molecule has 2 heterocycles. The molecule has 0 radical (unpaired) electrons. The van der Waals surface area contributed by atoms with Crippen molar-refractivity contribution in [1.82, 2.24) is 14.8 Å². The second-order valence-electron chi connectivity index (χ2n) is 6.96. The molecule has 0 amide bonds. The molecular weight excluding hydrogens is 322 g/mol. The van der Waals surface area contributed by atoms with Gasteiger partial charge in [0.05, 0.1) is 12.3 Å². The molecular formula is C22H21N3O. The molecule has 0 spiro atoms. The summed E-state index contributed by atoms with van der Waals surface area (Å²) in [6, 6.07) is 15.3. The predicted octanol–water partition coefficient (Wildman–Crippen LogP) is 4.37. The van der Waals surface area contributed by atoms with Crippen LogP contribution in [0, 0.1) is 6.92 Å². The van der Waals surface area contributed by atoms with Crippen LogP contribution in [0.1, 0.15) is 46.7 Å². The van der Waals surface area contributed by atoms with Crippen LogP contribution in [0.3, 0.4) is 0 Å². The summed E-state index contributed by atoms with van der Waals surface area (Å²) in [5, 5.41) is 8.53. The van der Waals surface area contributed by atoms with Crippen molar-refractivity contribution >= 4 is 5.57 Å². The van der Waals surface area contributed by atoms with E-state index in [0.29, 0.717) is 13.2 Å². The second-order valence-corrected chi connectivity index (χ2v) is 6.96. The molecule has 3 aromatic rings. The zero-order chi connectivity index (χ0) is 17.5. The van der Waals surface area contributed by atoms with Gasteiger partial charge in [0.2, 0.25) is 0 Å². The van der Waals surface area contributed by atoms with Gasteiger partial charge in [-0.3, -0.25) is 4.57 Å². The van der Waals surface area contributed by atoms with E-state index in [1.165, 1.54) is 34.2 Å². The number of fused-ring (bicyclic) bond motifs is 4. The van der Waals surface area contributed by atoms with Gasteiger partial charge >= 0.3 is 0 Å². The Hall–Kier alpha value is -2.72. The minimum atomic E-state index is 0.491. The second kappa shape index (κ2) is 6.22. The maximum atomic E-state index is 5.96. The maximum absolute atomic E-state index is 5.96. The fraction of sp³-hybridized carbons (Fsp3) is 0.273. The Morgan fingerprint density at radius 3 is 2.81 bits per heavy atom. The van der Waals surface area contributed by atoms with E-state index < -0.39 is 0 Å². The first-order valence-corrected chi connectivity index (χ1v) is 9.22. The summed E-state index contributed by atoms with van der Waals surface area (Å²) in [4.78, 5) is 0. The lowest BCUT2D eigenvalue weighted by Gasteiger charge is -2.18. The van der Waals surface area contributed by atoms with Crippen LogP contribution in [0.5, 0.6) is 0 Å². The highest BCUT2D eigenvalue weighted by molar-refractivity contribution is 5.84. The fourth-order valence-electron chi connectivity index (χ4n) is 4.15. The molecule has 4 nitrogen and oxygen atoms in total. The Labute approximate surface area is 153 Å². The van der Waals surface area contributed by atoms with Crippen LogP contribution in [0.4, 0.5) is 0 Å². The van der Waals surface area contributed by atoms with Crippen molar-refractivity contribution in [2.75, 3.05) is 0 Å². The first kappa shape index (κ1) is 15.5. The van der Waals surface area contributed by atoms with Crippen LogP contribution in [-0.4, -0.2) is 14.8 Å². The third kappa shape index (κ3) is 2.41. The van der Waals surface area contributed by atoms with Crippen LogP contribution in [0.15, 0.2) is 48.5 Å². The standard InChI is InChI=1S/C22H21N3O/c1-15-23-24-22-14-26-13-20-19(11-6-12-21(20)25(15)22)18-10-5-3-8-16-7-2-4-9-17(16)18/h2,4,6-7,9-12H,3,5,8,13-14H2,1H3. The number of hydrogen-bond acceptors (Lipinski definition) is 3. The SMILES string of the molecule is Cc1nnc2n1-c1cccc(C3=CCCCc4ccccc43)c1COC2. The highest BCUT2D eigenvalue weighted by Gasteiger charge is 2.23. The molecule has 2 aliphatic rings. The van der Waals surface area contributed by atoms with E-state index >= 15 is 0 Å². The number of aryl methyl sites for hydroxylation is 2. The zero-order valence-electron chi connectivity index (χ0n) is 14.9. The summed E-state index contributed by atoms with van der Waals surface area (Å²) in [5.41, 5.74) is 7.73. The molecule has 0 saturated carbocycles. The number of benzene rings is 2. The molecule has 0 fully saturated rings. The monoisotopic (exact) mass is 343 g/mol. The molecule has 1 aliphatic carbocycles. The lowest BCUT2D eigenvalue weighted by atomic mass is 9.90. The average molecular weight is 343 g/mol. The predicted molar refractivity (Wildman–Crippen MR) is 101 cm³/mol. The van der Waals surface area contributed by atoms with E-state index in [4.69, 9.17) is 4.74 Å². The quantitative estimate of drug-likeness (QED) is 0.658. The minimum Gasteiger partial charge on any atom is -0.369 e. The number of rotatable bonds is 1. The molecule has 1 aromatic heterocycles. The molecule has 0 bridgehead atoms. The summed E-state index contributed by atoms with van der Waals surface area (Å²) in [7, 11) is 0. The highest BCUT2D eigenvalue weighted by Crippen LogP contribution is 2.36. The number of nitrogens with zero attached hydrogens (tertiary/aromatic N) is 3. The van der Waals surface area contributed by atoms with Gasteiger partial charge in [0.15, 0.2) is 5.82 Å². The Morgan fingerprint density at radius 1 is 0.962 bits per heavy atom. The van der Waals surface area contributed by atoms with Crippen molar-refractivity contribution in [1.29, 1.82) is 0 Å². The maximum Gasteiger partial charge on any atom is 0.163 e. The molecule has 0 N–H and O–H groups in total. The lowest BCUT2D eigenvalue weighted by molar-refractivity contribution is 0.105. The van der Waals surface area contributed by atoms with Crippen LogP contribution in [0.2, 0.25) is 0 Å². The van der Waals surface area contributed by atoms with Gasteiger partial charge < -0.3 is 4.74 Å². The van der Waals surface area contributed by atoms with Crippen molar-refractivity contribution in [3.05, 3.63) is 82.4 Å². The van der Waals surface area contributed by atoms with Gasteiger partial charge in [0, 0.05) is 5.56 Å². The van der Waals surface area contributed by atoms with Gasteiger partial charge in [0.1, 0.15) is 12.4 Å². The Balaban J connectivity index is 1.74. The number of ether oxygens (including phenoxy) is 1. The van der Waals surface area contributed by atoms with Gasteiger partial charge in [0.25, 0.3) is 0 Å². The highest BCUT2D eigenvalue weighted by atomic mass is 16.5. The first-order chi connectivity index (χ1) is 12.8. The molecule has 1 aliphatic heterocycles. The third-order valence-corrected chi connectivity index (χ3v) is 5.36. The van der Waals surface area contributed by atoms with Crippen molar-refractivity contribution in [3.63, 3.8) is 0 Å². The molecule has 2 aromatic carbocycles. The Morgan fingerprint density at radius 2 is 1.85 bits per heavy atom. The molecule has 0 saturated heterocycles. The summed E-state index contributed by atoms with van der Waals surface area (Å²) in [6.07, 6.45) is 5.83. The average Bonchev–Trinajstić information content (AvgIpc) is 2.85. The zero-order valence-corrected chi connectivity index (χ0v) is 14.9.